The van der Waals surface area contributed by atoms with Crippen LogP contribution in [0.2, 0.25) is 0 Å². The summed E-state index contributed by atoms with van der Waals surface area (Å²) < 4.78 is 44.3. The summed E-state index contributed by atoms with van der Waals surface area (Å²) in [6, 6.07) is 12.8. The van der Waals surface area contributed by atoms with Crippen LogP contribution in [0.15, 0.2) is 42.5 Å². The van der Waals surface area contributed by atoms with Crippen LogP contribution in [0.5, 0.6) is 5.75 Å². The zero-order chi connectivity index (χ0) is 35.4. The van der Waals surface area contributed by atoms with Gasteiger partial charge in [0.25, 0.3) is 0 Å². The fourth-order valence-corrected chi connectivity index (χ4v) is 4.89. The minimum absolute atomic E-state index is 0.0679. The summed E-state index contributed by atoms with van der Waals surface area (Å²) in [5.74, 6) is -3.55. The lowest BCUT2D eigenvalue weighted by Gasteiger charge is -2.44. The van der Waals surface area contributed by atoms with Gasteiger partial charge in [-0.15, -0.1) is 0 Å². The molecule has 260 valence electrons. The van der Waals surface area contributed by atoms with Crippen molar-refractivity contribution in [1.29, 1.82) is 0 Å². The van der Waals surface area contributed by atoms with Gasteiger partial charge >= 0.3 is 35.8 Å². The van der Waals surface area contributed by atoms with Gasteiger partial charge in [0.15, 0.2) is 12.2 Å². The Morgan fingerprint density at radius 1 is 0.604 bits per heavy atom. The van der Waals surface area contributed by atoms with Crippen LogP contribution in [0.25, 0.3) is 0 Å². The number of esters is 6. The number of carbonyl (C=O) groups is 6. The molecule has 0 aliphatic carbocycles. The number of rotatable bonds is 14. The lowest BCUT2D eigenvalue weighted by atomic mass is 9.97. The van der Waals surface area contributed by atoms with E-state index in [2.05, 4.69) is 0 Å². The highest BCUT2D eigenvalue weighted by Gasteiger charge is 2.53. The van der Waals surface area contributed by atoms with E-state index in [0.29, 0.717) is 24.0 Å². The van der Waals surface area contributed by atoms with E-state index >= 15 is 0 Å². The van der Waals surface area contributed by atoms with E-state index in [1.807, 2.05) is 24.3 Å². The second kappa shape index (κ2) is 17.8. The largest absolute Gasteiger partial charge is 0.466 e. The molecule has 1 heterocycles. The van der Waals surface area contributed by atoms with Crippen LogP contribution in [-0.4, -0.2) is 79.7 Å². The Kier molecular flexibility index (Phi) is 13.9. The first kappa shape index (κ1) is 37.5. The van der Waals surface area contributed by atoms with E-state index in [1.54, 1.807) is 18.2 Å². The maximum absolute atomic E-state index is 12.3. The molecule has 1 aliphatic heterocycles. The van der Waals surface area contributed by atoms with E-state index in [9.17, 15) is 28.8 Å². The summed E-state index contributed by atoms with van der Waals surface area (Å²) in [4.78, 5) is 70.9. The molecule has 0 saturated carbocycles. The van der Waals surface area contributed by atoms with Crippen LogP contribution in [0.1, 0.15) is 63.8 Å². The highest BCUT2D eigenvalue weighted by molar-refractivity contribution is 5.69. The van der Waals surface area contributed by atoms with Crippen molar-refractivity contribution in [3.8, 4) is 5.75 Å². The summed E-state index contributed by atoms with van der Waals surface area (Å²) in [5.41, 5.74) is 3.08. The Morgan fingerprint density at radius 2 is 1.15 bits per heavy atom. The zero-order valence-electron chi connectivity index (χ0n) is 27.7. The van der Waals surface area contributed by atoms with Crippen LogP contribution in [-0.2, 0) is 81.4 Å². The molecule has 14 heteroatoms. The maximum atomic E-state index is 12.3. The van der Waals surface area contributed by atoms with E-state index in [0.717, 1.165) is 31.9 Å². The predicted molar refractivity (Wildman–Crippen MR) is 164 cm³/mol. The molecule has 0 N–H and O–H groups in total. The third kappa shape index (κ3) is 12.0. The average Bonchev–Trinajstić information content (AvgIpc) is 2.99. The molecule has 1 fully saturated rings. The quantitative estimate of drug-likeness (QED) is 0.211. The summed E-state index contributed by atoms with van der Waals surface area (Å²) in [6.07, 6.45) is -5.96. The Balaban J connectivity index is 2.02. The van der Waals surface area contributed by atoms with Gasteiger partial charge < -0.3 is 37.9 Å². The highest BCUT2D eigenvalue weighted by atomic mass is 16.7. The third-order valence-electron chi connectivity index (χ3n) is 6.88. The van der Waals surface area contributed by atoms with Gasteiger partial charge in [-0.3, -0.25) is 28.8 Å². The Hall–Kier alpha value is -4.98. The van der Waals surface area contributed by atoms with Crippen LogP contribution in [0.3, 0.4) is 0 Å². The van der Waals surface area contributed by atoms with Crippen molar-refractivity contribution in [2.75, 3.05) is 13.2 Å². The summed E-state index contributed by atoms with van der Waals surface area (Å²) in [7, 11) is 0. The second-order valence-electron chi connectivity index (χ2n) is 11.0. The highest BCUT2D eigenvalue weighted by Crippen LogP contribution is 2.33. The molecule has 0 spiro atoms. The molecule has 3 rings (SSSR count). The first-order valence-corrected chi connectivity index (χ1v) is 15.1. The van der Waals surface area contributed by atoms with Gasteiger partial charge in [-0.1, -0.05) is 36.4 Å². The molecule has 0 bridgehead atoms. The van der Waals surface area contributed by atoms with E-state index in [4.69, 9.17) is 37.9 Å². The normalized spacial score (nSPS) is 20.1. The summed E-state index contributed by atoms with van der Waals surface area (Å²) >= 11 is 0. The molecule has 1 saturated heterocycles. The van der Waals surface area contributed by atoms with Gasteiger partial charge in [-0.25, -0.2) is 0 Å². The van der Waals surface area contributed by atoms with Crippen molar-refractivity contribution in [2.24, 2.45) is 0 Å². The number of hydrogen-bond acceptors (Lipinski definition) is 14. The first-order chi connectivity index (χ1) is 22.7. The monoisotopic (exact) mass is 672 g/mol. The number of benzene rings is 2. The van der Waals surface area contributed by atoms with Crippen molar-refractivity contribution in [3.05, 3.63) is 64.7 Å². The Bertz CT molecular complexity index is 1470. The molecule has 5 atom stereocenters. The van der Waals surface area contributed by atoms with Gasteiger partial charge in [-0.05, 0) is 28.3 Å². The molecule has 0 amide bonds. The summed E-state index contributed by atoms with van der Waals surface area (Å²) in [6.45, 7) is 6.96. The van der Waals surface area contributed by atoms with E-state index < -0.39 is 67.2 Å². The molecular formula is C34H40O14. The lowest BCUT2D eigenvalue weighted by Crippen LogP contribution is -2.63. The van der Waals surface area contributed by atoms with Crippen molar-refractivity contribution >= 4 is 35.8 Å². The van der Waals surface area contributed by atoms with Gasteiger partial charge in [0.05, 0.1) is 6.61 Å². The maximum Gasteiger partial charge on any atom is 0.303 e. The lowest BCUT2D eigenvalue weighted by molar-refractivity contribution is -0.288. The van der Waals surface area contributed by atoms with Gasteiger partial charge in [-0.2, -0.15) is 0 Å². The van der Waals surface area contributed by atoms with Crippen LogP contribution < -0.4 is 4.74 Å². The minimum Gasteiger partial charge on any atom is -0.466 e. The second-order valence-corrected chi connectivity index (χ2v) is 11.0. The van der Waals surface area contributed by atoms with Crippen LogP contribution >= 0.6 is 0 Å². The van der Waals surface area contributed by atoms with Gasteiger partial charge in [0, 0.05) is 54.4 Å². The topological polar surface area (TPSA) is 176 Å². The van der Waals surface area contributed by atoms with Crippen molar-refractivity contribution in [1.82, 2.24) is 0 Å². The molecule has 48 heavy (non-hydrogen) atoms. The van der Waals surface area contributed by atoms with E-state index in [-0.39, 0.29) is 24.9 Å². The number of carbonyl (C=O) groups excluding carboxylic acids is 6. The standard InChI is InChI=1S/C34H40O14/c1-19(35)41-14-13-25-7-9-26(10-8-25)15-28-12-11-27(17-42-20(2)36)16-29(28)47-34-33(46-24(6)40)32(45-23(5)39)31(44-22(4)38)30(48-34)18-43-21(3)37/h7-12,16,30-34H,13-15,17-18H2,1-6H3/t30-,31-,32+,33-,34?/m1/s1. The predicted octanol–water partition coefficient (Wildman–Crippen LogP) is 2.91. The van der Waals surface area contributed by atoms with E-state index in [1.165, 1.54) is 20.8 Å². The van der Waals surface area contributed by atoms with Crippen LogP contribution in [0.4, 0.5) is 0 Å². The molecule has 14 nitrogen and oxygen atoms in total. The van der Waals surface area contributed by atoms with Gasteiger partial charge in [0.1, 0.15) is 25.1 Å². The van der Waals surface area contributed by atoms with Crippen molar-refractivity contribution in [2.45, 2.75) is 91.7 Å². The van der Waals surface area contributed by atoms with Crippen molar-refractivity contribution < 1.29 is 66.7 Å². The molecule has 0 aromatic heterocycles. The Labute approximate surface area is 277 Å². The number of ether oxygens (including phenoxy) is 8. The number of hydrogen-bond donors (Lipinski definition) is 0. The molecule has 1 unspecified atom stereocenters. The molecule has 1 aliphatic rings. The first-order valence-electron chi connectivity index (χ1n) is 15.1. The smallest absolute Gasteiger partial charge is 0.303 e. The fourth-order valence-electron chi connectivity index (χ4n) is 4.89. The average molecular weight is 673 g/mol. The molecule has 2 aromatic rings. The third-order valence-corrected chi connectivity index (χ3v) is 6.88. The summed E-state index contributed by atoms with van der Waals surface area (Å²) in [5, 5.41) is 0. The molecule has 0 radical (unpaired) electrons. The van der Waals surface area contributed by atoms with Crippen LogP contribution in [0, 0.1) is 0 Å². The SMILES string of the molecule is CC(=O)OCCc1ccc(Cc2ccc(COC(C)=O)cc2OC2O[C@H](COC(C)=O)[C@@H](OC(C)=O)[C@H](OC(C)=O)[C@H]2OC(C)=O)cc1. The molecule has 2 aromatic carbocycles. The molecular weight excluding hydrogens is 632 g/mol. The van der Waals surface area contributed by atoms with Crippen molar-refractivity contribution in [3.63, 3.8) is 0 Å². The minimum atomic E-state index is -1.46. The Morgan fingerprint density at radius 3 is 1.73 bits per heavy atom. The fraction of sp³-hybridized carbons (Fsp3) is 0.471. The zero-order valence-corrected chi connectivity index (χ0v) is 27.7. The van der Waals surface area contributed by atoms with Gasteiger partial charge in [0.2, 0.25) is 12.4 Å².